The van der Waals surface area contributed by atoms with Gasteiger partial charge in [-0.2, -0.15) is 0 Å². The maximum atomic E-state index is 9.42. The van der Waals surface area contributed by atoms with Crippen molar-refractivity contribution in [3.05, 3.63) is 23.3 Å². The minimum Gasteiger partial charge on any atom is -0.496 e. The van der Waals surface area contributed by atoms with Gasteiger partial charge in [-0.3, -0.25) is 0 Å². The molecule has 0 radical (unpaired) electrons. The number of aliphatic hydroxyl groups excluding tert-OH is 1. The van der Waals surface area contributed by atoms with Crippen molar-refractivity contribution in [1.82, 2.24) is 0 Å². The fourth-order valence-corrected chi connectivity index (χ4v) is 1.83. The van der Waals surface area contributed by atoms with Crippen molar-refractivity contribution in [2.75, 3.05) is 14.2 Å². The lowest BCUT2D eigenvalue weighted by Crippen LogP contribution is -2.22. The molecule has 0 saturated heterocycles. The molecular formula is C11H14O4. The molecule has 1 aliphatic heterocycles. The average Bonchev–Trinajstić information content (AvgIpc) is 2.27. The molecule has 0 spiro atoms. The van der Waals surface area contributed by atoms with Crippen molar-refractivity contribution < 1.29 is 19.3 Å². The smallest absolute Gasteiger partial charge is 0.159 e. The highest BCUT2D eigenvalue weighted by atomic mass is 16.6. The Labute approximate surface area is 88.4 Å². The summed E-state index contributed by atoms with van der Waals surface area (Å²) in [5.74, 6) is 1.55. The van der Waals surface area contributed by atoms with E-state index in [9.17, 15) is 5.11 Å². The van der Waals surface area contributed by atoms with Gasteiger partial charge in [0.1, 0.15) is 11.5 Å². The molecule has 0 fully saturated rings. The molecule has 1 aliphatic rings. The van der Waals surface area contributed by atoms with E-state index >= 15 is 0 Å². The molecule has 1 N–H and O–H groups in total. The summed E-state index contributed by atoms with van der Waals surface area (Å²) in [5.41, 5.74) is 1.93. The lowest BCUT2D eigenvalue weighted by Gasteiger charge is -2.24. The van der Waals surface area contributed by atoms with Crippen molar-refractivity contribution in [1.29, 1.82) is 0 Å². The zero-order chi connectivity index (χ0) is 10.8. The van der Waals surface area contributed by atoms with Crippen molar-refractivity contribution in [3.63, 3.8) is 0 Å². The molecular weight excluding hydrogens is 196 g/mol. The zero-order valence-electron chi connectivity index (χ0n) is 8.82. The standard InChI is InChI=1S/C11H14O4/c1-13-9-3-4-10(14-2)8-6-15-11(12)5-7(8)9/h3-4,11-12H,5-6H2,1-2H3. The first-order valence-electron chi connectivity index (χ1n) is 4.78. The SMILES string of the molecule is COc1ccc(OC)c2c1COC(O)C2. The Balaban J connectivity index is 2.48. The highest BCUT2D eigenvalue weighted by Crippen LogP contribution is 2.34. The van der Waals surface area contributed by atoms with Gasteiger partial charge in [-0.1, -0.05) is 0 Å². The molecule has 1 aromatic rings. The van der Waals surface area contributed by atoms with E-state index in [1.54, 1.807) is 14.2 Å². The van der Waals surface area contributed by atoms with Gasteiger partial charge in [0.25, 0.3) is 0 Å². The van der Waals surface area contributed by atoms with E-state index in [-0.39, 0.29) is 0 Å². The molecule has 4 heteroatoms. The Kier molecular flexibility index (Phi) is 2.79. The molecule has 0 aliphatic carbocycles. The first-order valence-corrected chi connectivity index (χ1v) is 4.78. The van der Waals surface area contributed by atoms with Crippen LogP contribution in [-0.2, 0) is 17.8 Å². The number of hydrogen-bond acceptors (Lipinski definition) is 4. The van der Waals surface area contributed by atoms with Crippen molar-refractivity contribution in [3.8, 4) is 11.5 Å². The van der Waals surface area contributed by atoms with Gasteiger partial charge >= 0.3 is 0 Å². The fraction of sp³-hybridized carbons (Fsp3) is 0.455. The Morgan fingerprint density at radius 2 is 1.80 bits per heavy atom. The maximum absolute atomic E-state index is 9.42. The molecule has 1 heterocycles. The van der Waals surface area contributed by atoms with Crippen molar-refractivity contribution >= 4 is 0 Å². The van der Waals surface area contributed by atoms with E-state index in [0.717, 1.165) is 22.6 Å². The number of methoxy groups -OCH3 is 2. The molecule has 4 nitrogen and oxygen atoms in total. The number of ether oxygens (including phenoxy) is 3. The maximum Gasteiger partial charge on any atom is 0.159 e. The average molecular weight is 210 g/mol. The Bertz CT molecular complexity index is 362. The highest BCUT2D eigenvalue weighted by Gasteiger charge is 2.23. The predicted octanol–water partition coefficient (Wildman–Crippen LogP) is 1.09. The van der Waals surface area contributed by atoms with Gasteiger partial charge in [-0.15, -0.1) is 0 Å². The number of rotatable bonds is 2. The highest BCUT2D eigenvalue weighted by molar-refractivity contribution is 5.49. The fourth-order valence-electron chi connectivity index (χ4n) is 1.83. The van der Waals surface area contributed by atoms with Gasteiger partial charge in [0.15, 0.2) is 6.29 Å². The molecule has 2 rings (SSSR count). The normalized spacial score (nSPS) is 19.5. The van der Waals surface area contributed by atoms with Crippen LogP contribution in [0.3, 0.4) is 0 Å². The zero-order valence-corrected chi connectivity index (χ0v) is 8.82. The summed E-state index contributed by atoms with van der Waals surface area (Å²) in [6.07, 6.45) is -0.311. The predicted molar refractivity (Wildman–Crippen MR) is 54.0 cm³/mol. The molecule has 0 bridgehead atoms. The van der Waals surface area contributed by atoms with Crippen LogP contribution in [0.25, 0.3) is 0 Å². The van der Waals surface area contributed by atoms with Gasteiger partial charge in [0, 0.05) is 17.5 Å². The molecule has 0 saturated carbocycles. The van der Waals surface area contributed by atoms with E-state index in [1.165, 1.54) is 0 Å². The lowest BCUT2D eigenvalue weighted by atomic mass is 10.0. The largest absolute Gasteiger partial charge is 0.496 e. The molecule has 0 amide bonds. The van der Waals surface area contributed by atoms with E-state index in [4.69, 9.17) is 14.2 Å². The quantitative estimate of drug-likeness (QED) is 0.794. The molecule has 0 aromatic heterocycles. The van der Waals surface area contributed by atoms with Crippen molar-refractivity contribution in [2.24, 2.45) is 0 Å². The second-order valence-corrected chi connectivity index (χ2v) is 3.40. The topological polar surface area (TPSA) is 47.9 Å². The van der Waals surface area contributed by atoms with Crippen LogP contribution in [0.2, 0.25) is 0 Å². The van der Waals surface area contributed by atoms with E-state index in [1.807, 2.05) is 12.1 Å². The van der Waals surface area contributed by atoms with Gasteiger partial charge < -0.3 is 19.3 Å². The Morgan fingerprint density at radius 3 is 2.40 bits per heavy atom. The summed E-state index contributed by atoms with van der Waals surface area (Å²) in [6, 6.07) is 3.69. The monoisotopic (exact) mass is 210 g/mol. The second-order valence-electron chi connectivity index (χ2n) is 3.40. The van der Waals surface area contributed by atoms with E-state index in [2.05, 4.69) is 0 Å². The Morgan fingerprint density at radius 1 is 1.20 bits per heavy atom. The van der Waals surface area contributed by atoms with Crippen LogP contribution in [0, 0.1) is 0 Å². The van der Waals surface area contributed by atoms with Crippen LogP contribution in [0.4, 0.5) is 0 Å². The first kappa shape index (κ1) is 10.3. The summed E-state index contributed by atoms with van der Waals surface area (Å²) < 4.78 is 15.6. The van der Waals surface area contributed by atoms with Crippen LogP contribution >= 0.6 is 0 Å². The number of fused-ring (bicyclic) bond motifs is 1. The van der Waals surface area contributed by atoms with Gasteiger partial charge in [0.05, 0.1) is 20.8 Å². The third-order valence-corrected chi connectivity index (χ3v) is 2.58. The summed E-state index contributed by atoms with van der Waals surface area (Å²) in [6.45, 7) is 0.358. The van der Waals surface area contributed by atoms with Gasteiger partial charge in [0.2, 0.25) is 0 Å². The minimum absolute atomic E-state index is 0.358. The molecule has 1 unspecified atom stereocenters. The van der Waals surface area contributed by atoms with Gasteiger partial charge in [-0.25, -0.2) is 0 Å². The summed E-state index contributed by atoms with van der Waals surface area (Å²) in [5, 5.41) is 9.42. The number of benzene rings is 1. The third-order valence-electron chi connectivity index (χ3n) is 2.58. The summed E-state index contributed by atoms with van der Waals surface area (Å²) in [7, 11) is 3.23. The van der Waals surface area contributed by atoms with Crippen molar-refractivity contribution in [2.45, 2.75) is 19.3 Å². The minimum atomic E-state index is -0.751. The van der Waals surface area contributed by atoms with Gasteiger partial charge in [-0.05, 0) is 12.1 Å². The van der Waals surface area contributed by atoms with Crippen LogP contribution in [-0.4, -0.2) is 25.6 Å². The molecule has 82 valence electrons. The molecule has 15 heavy (non-hydrogen) atoms. The lowest BCUT2D eigenvalue weighted by molar-refractivity contribution is -0.115. The first-order chi connectivity index (χ1) is 7.26. The third kappa shape index (κ3) is 1.78. The van der Waals surface area contributed by atoms with Crippen LogP contribution in [0.5, 0.6) is 11.5 Å². The van der Waals surface area contributed by atoms with Crippen LogP contribution in [0.15, 0.2) is 12.1 Å². The number of aliphatic hydroxyl groups is 1. The van der Waals surface area contributed by atoms with Crippen LogP contribution in [0.1, 0.15) is 11.1 Å². The molecule has 1 atom stereocenters. The Hall–Kier alpha value is -1.26. The summed E-state index contributed by atoms with van der Waals surface area (Å²) >= 11 is 0. The number of hydrogen-bond donors (Lipinski definition) is 1. The van der Waals surface area contributed by atoms with Crippen LogP contribution < -0.4 is 9.47 Å². The summed E-state index contributed by atoms with van der Waals surface area (Å²) in [4.78, 5) is 0. The second kappa shape index (κ2) is 4.08. The van der Waals surface area contributed by atoms with E-state index in [0.29, 0.717) is 13.0 Å². The molecule has 1 aromatic carbocycles. The van der Waals surface area contributed by atoms with E-state index < -0.39 is 6.29 Å².